The van der Waals surface area contributed by atoms with Crippen molar-refractivity contribution in [2.24, 2.45) is 0 Å². The molecule has 0 aliphatic carbocycles. The molecule has 11 heavy (non-hydrogen) atoms. The monoisotopic (exact) mass is 159 g/mol. The largest absolute Gasteiger partial charge is 0.382 e. The van der Waals surface area contributed by atoms with E-state index in [0.29, 0.717) is 0 Å². The first-order valence-corrected chi connectivity index (χ1v) is 4.39. The number of nitrogens with one attached hydrogen (secondary N) is 1. The van der Waals surface area contributed by atoms with E-state index in [4.69, 9.17) is 4.74 Å². The number of ether oxygens (including phenoxy) is 1. The predicted molar refractivity (Wildman–Crippen MR) is 48.9 cm³/mol. The van der Waals surface area contributed by atoms with Gasteiger partial charge < -0.3 is 10.1 Å². The van der Waals surface area contributed by atoms with Crippen LogP contribution in [0.3, 0.4) is 0 Å². The zero-order valence-electron chi connectivity index (χ0n) is 8.24. The molecule has 0 spiro atoms. The van der Waals surface area contributed by atoms with Crippen LogP contribution in [0.4, 0.5) is 0 Å². The van der Waals surface area contributed by atoms with Crippen molar-refractivity contribution in [1.29, 1.82) is 0 Å². The molecule has 1 N–H and O–H groups in total. The van der Waals surface area contributed by atoms with E-state index in [9.17, 15) is 0 Å². The van der Waals surface area contributed by atoms with Crippen molar-refractivity contribution in [3.05, 3.63) is 0 Å². The topological polar surface area (TPSA) is 21.3 Å². The quantitative estimate of drug-likeness (QED) is 0.597. The second-order valence-corrected chi connectivity index (χ2v) is 3.43. The summed E-state index contributed by atoms with van der Waals surface area (Å²) in [5.41, 5.74) is 0.261. The van der Waals surface area contributed by atoms with Crippen molar-refractivity contribution in [3.63, 3.8) is 0 Å². The lowest BCUT2D eigenvalue weighted by Crippen LogP contribution is -2.36. The molecular formula is C9H21NO. The van der Waals surface area contributed by atoms with Gasteiger partial charge in [-0.2, -0.15) is 0 Å². The molecule has 0 saturated heterocycles. The Hall–Kier alpha value is -0.0800. The first-order valence-electron chi connectivity index (χ1n) is 4.39. The van der Waals surface area contributed by atoms with Gasteiger partial charge in [0.1, 0.15) is 0 Å². The molecule has 0 aliphatic heterocycles. The first kappa shape index (κ1) is 10.9. The minimum Gasteiger partial charge on any atom is -0.382 e. The van der Waals surface area contributed by atoms with Crippen LogP contribution in [0, 0.1) is 0 Å². The predicted octanol–water partition coefficient (Wildman–Crippen LogP) is 1.80. The van der Waals surface area contributed by atoms with Gasteiger partial charge in [0.25, 0.3) is 0 Å². The Morgan fingerprint density at radius 1 is 1.36 bits per heavy atom. The lowest BCUT2D eigenvalue weighted by molar-refractivity contribution is 0.137. The summed E-state index contributed by atoms with van der Waals surface area (Å²) in [5.74, 6) is 0. The standard InChI is InChI=1S/C9H21NO/c1-5-11-8-6-7-9(2,3)10-4/h10H,5-8H2,1-4H3. The average molecular weight is 159 g/mol. The number of rotatable bonds is 6. The molecule has 0 saturated carbocycles. The van der Waals surface area contributed by atoms with Crippen molar-refractivity contribution in [2.75, 3.05) is 20.3 Å². The molecule has 0 atom stereocenters. The van der Waals surface area contributed by atoms with Gasteiger partial charge in [0, 0.05) is 18.8 Å². The van der Waals surface area contributed by atoms with E-state index < -0.39 is 0 Å². The average Bonchev–Trinajstić information content (AvgIpc) is 1.99. The van der Waals surface area contributed by atoms with E-state index in [1.165, 1.54) is 6.42 Å². The van der Waals surface area contributed by atoms with Gasteiger partial charge in [0.15, 0.2) is 0 Å². The van der Waals surface area contributed by atoms with Gasteiger partial charge in [-0.3, -0.25) is 0 Å². The summed E-state index contributed by atoms with van der Waals surface area (Å²) in [4.78, 5) is 0. The third-order valence-electron chi connectivity index (χ3n) is 1.97. The van der Waals surface area contributed by atoms with E-state index in [0.717, 1.165) is 19.6 Å². The minimum atomic E-state index is 0.261. The van der Waals surface area contributed by atoms with Crippen molar-refractivity contribution in [2.45, 2.75) is 39.2 Å². The van der Waals surface area contributed by atoms with Crippen LogP contribution in [0.5, 0.6) is 0 Å². The van der Waals surface area contributed by atoms with E-state index in [1.807, 2.05) is 14.0 Å². The molecule has 68 valence electrons. The fourth-order valence-corrected chi connectivity index (χ4v) is 0.886. The van der Waals surface area contributed by atoms with Crippen LogP contribution >= 0.6 is 0 Å². The summed E-state index contributed by atoms with van der Waals surface area (Å²) in [7, 11) is 2.00. The van der Waals surface area contributed by atoms with Gasteiger partial charge in [-0.15, -0.1) is 0 Å². The summed E-state index contributed by atoms with van der Waals surface area (Å²) >= 11 is 0. The zero-order valence-corrected chi connectivity index (χ0v) is 8.24. The van der Waals surface area contributed by atoms with E-state index in [2.05, 4.69) is 19.2 Å². The minimum absolute atomic E-state index is 0.261. The molecule has 0 rings (SSSR count). The molecule has 0 aromatic carbocycles. The van der Waals surface area contributed by atoms with Crippen LogP contribution in [-0.2, 0) is 4.74 Å². The smallest absolute Gasteiger partial charge is 0.0466 e. The van der Waals surface area contributed by atoms with Crippen LogP contribution in [0.15, 0.2) is 0 Å². The molecule has 0 aliphatic rings. The fraction of sp³-hybridized carbons (Fsp3) is 1.00. The Bertz CT molecular complexity index is 91.6. The molecular weight excluding hydrogens is 138 g/mol. The van der Waals surface area contributed by atoms with Crippen LogP contribution in [0.25, 0.3) is 0 Å². The summed E-state index contributed by atoms with van der Waals surface area (Å²) in [6.45, 7) is 8.17. The van der Waals surface area contributed by atoms with Crippen LogP contribution in [-0.4, -0.2) is 25.8 Å². The zero-order chi connectivity index (χ0) is 8.74. The van der Waals surface area contributed by atoms with Gasteiger partial charge >= 0.3 is 0 Å². The van der Waals surface area contributed by atoms with Gasteiger partial charge in [-0.05, 0) is 40.7 Å². The lowest BCUT2D eigenvalue weighted by Gasteiger charge is -2.23. The van der Waals surface area contributed by atoms with E-state index >= 15 is 0 Å². The highest BCUT2D eigenvalue weighted by molar-refractivity contribution is 4.74. The molecule has 0 bridgehead atoms. The molecule has 2 nitrogen and oxygen atoms in total. The third kappa shape index (κ3) is 6.32. The third-order valence-corrected chi connectivity index (χ3v) is 1.97. The maximum atomic E-state index is 5.25. The lowest BCUT2D eigenvalue weighted by atomic mass is 9.99. The Labute approximate surface area is 70.3 Å². The molecule has 0 fully saturated rings. The second kappa shape index (κ2) is 5.56. The molecule has 0 aromatic rings. The fourth-order valence-electron chi connectivity index (χ4n) is 0.886. The highest BCUT2D eigenvalue weighted by Gasteiger charge is 2.12. The SMILES string of the molecule is CCOCCCC(C)(C)NC. The Balaban J connectivity index is 3.23. The summed E-state index contributed by atoms with van der Waals surface area (Å²) < 4.78 is 5.25. The molecule has 0 radical (unpaired) electrons. The molecule has 2 heteroatoms. The molecule has 0 heterocycles. The van der Waals surface area contributed by atoms with Gasteiger partial charge in [0.05, 0.1) is 0 Å². The summed E-state index contributed by atoms with van der Waals surface area (Å²) in [5, 5.41) is 3.26. The summed E-state index contributed by atoms with van der Waals surface area (Å²) in [6.07, 6.45) is 2.31. The first-order chi connectivity index (χ1) is 5.12. The van der Waals surface area contributed by atoms with Crippen molar-refractivity contribution in [3.8, 4) is 0 Å². The van der Waals surface area contributed by atoms with Crippen LogP contribution < -0.4 is 5.32 Å². The van der Waals surface area contributed by atoms with Crippen molar-refractivity contribution < 1.29 is 4.74 Å². The highest BCUT2D eigenvalue weighted by atomic mass is 16.5. The van der Waals surface area contributed by atoms with Gasteiger partial charge in [0.2, 0.25) is 0 Å². The number of hydrogen-bond acceptors (Lipinski definition) is 2. The van der Waals surface area contributed by atoms with Crippen molar-refractivity contribution >= 4 is 0 Å². The second-order valence-electron chi connectivity index (χ2n) is 3.43. The maximum Gasteiger partial charge on any atom is 0.0466 e. The Morgan fingerprint density at radius 3 is 2.45 bits per heavy atom. The molecule has 0 amide bonds. The van der Waals surface area contributed by atoms with Crippen LogP contribution in [0.1, 0.15) is 33.6 Å². The summed E-state index contributed by atoms with van der Waals surface area (Å²) in [6, 6.07) is 0. The van der Waals surface area contributed by atoms with E-state index in [-0.39, 0.29) is 5.54 Å². The maximum absolute atomic E-state index is 5.25. The van der Waals surface area contributed by atoms with Crippen molar-refractivity contribution in [1.82, 2.24) is 5.32 Å². The molecule has 0 aromatic heterocycles. The Kier molecular flexibility index (Phi) is 5.51. The highest BCUT2D eigenvalue weighted by Crippen LogP contribution is 2.09. The number of hydrogen-bond donors (Lipinski definition) is 1. The molecule has 0 unspecified atom stereocenters. The normalized spacial score (nSPS) is 12.0. The van der Waals surface area contributed by atoms with E-state index in [1.54, 1.807) is 0 Å². The van der Waals surface area contributed by atoms with Crippen LogP contribution in [0.2, 0.25) is 0 Å². The Morgan fingerprint density at radius 2 is 2.00 bits per heavy atom. The van der Waals surface area contributed by atoms with Gasteiger partial charge in [-0.1, -0.05) is 0 Å². The van der Waals surface area contributed by atoms with Gasteiger partial charge in [-0.25, -0.2) is 0 Å².